The van der Waals surface area contributed by atoms with Gasteiger partial charge in [0.1, 0.15) is 0 Å². The van der Waals surface area contributed by atoms with E-state index < -0.39 is 0 Å². The Morgan fingerprint density at radius 1 is 1.38 bits per heavy atom. The third kappa shape index (κ3) is 1.90. The summed E-state index contributed by atoms with van der Waals surface area (Å²) in [6.45, 7) is 1.78. The van der Waals surface area contributed by atoms with Crippen molar-refractivity contribution in [3.8, 4) is 0 Å². The van der Waals surface area contributed by atoms with Crippen LogP contribution in [0.1, 0.15) is 17.3 Å². The molecule has 0 fully saturated rings. The minimum Gasteiger partial charge on any atom is -0.425 e. The molecule has 0 aliphatic carbocycles. The molecule has 0 aliphatic rings. The molecule has 0 spiro atoms. The third-order valence-corrected chi connectivity index (χ3v) is 1.65. The van der Waals surface area contributed by atoms with E-state index in [9.17, 15) is 0 Å². The van der Waals surface area contributed by atoms with E-state index in [2.05, 4.69) is 15.2 Å². The first-order valence-electron chi connectivity index (χ1n) is 4.02. The lowest BCUT2D eigenvalue weighted by Gasteiger charge is -1.93. The van der Waals surface area contributed by atoms with Crippen LogP contribution in [-0.4, -0.2) is 15.2 Å². The van der Waals surface area contributed by atoms with Gasteiger partial charge in [0.25, 0.3) is 0 Å². The molecule has 2 rings (SSSR count). The molecular formula is C9H9N3O. The molecule has 0 unspecified atom stereocenters. The summed E-state index contributed by atoms with van der Waals surface area (Å²) in [5.74, 6) is 1.23. The van der Waals surface area contributed by atoms with Crippen LogP contribution in [0.2, 0.25) is 0 Å². The summed E-state index contributed by atoms with van der Waals surface area (Å²) in [4.78, 5) is 4.00. The van der Waals surface area contributed by atoms with E-state index in [1.165, 1.54) is 0 Å². The first-order valence-corrected chi connectivity index (χ1v) is 4.02. The lowest BCUT2D eigenvalue weighted by Crippen LogP contribution is -1.88. The fourth-order valence-corrected chi connectivity index (χ4v) is 1.09. The van der Waals surface area contributed by atoms with Gasteiger partial charge < -0.3 is 4.42 Å². The Balaban J connectivity index is 2.15. The number of rotatable bonds is 2. The molecule has 4 nitrogen and oxygen atoms in total. The molecule has 2 aromatic rings. The zero-order valence-corrected chi connectivity index (χ0v) is 7.27. The Kier molecular flexibility index (Phi) is 2.04. The molecule has 0 aliphatic heterocycles. The number of nitrogens with zero attached hydrogens (tertiary/aromatic N) is 3. The highest BCUT2D eigenvalue weighted by Crippen LogP contribution is 2.05. The van der Waals surface area contributed by atoms with E-state index in [-0.39, 0.29) is 0 Å². The molecule has 0 amide bonds. The first kappa shape index (κ1) is 7.91. The molecule has 2 aromatic heterocycles. The van der Waals surface area contributed by atoms with Gasteiger partial charge in [-0.25, -0.2) is 0 Å². The molecule has 0 saturated heterocycles. The lowest BCUT2D eigenvalue weighted by atomic mass is 10.2. The highest BCUT2D eigenvalue weighted by Gasteiger charge is 2.02. The second kappa shape index (κ2) is 3.35. The monoisotopic (exact) mass is 175 g/mol. The second-order valence-electron chi connectivity index (χ2n) is 2.75. The maximum absolute atomic E-state index is 5.24. The number of hydrogen-bond donors (Lipinski definition) is 0. The summed E-state index contributed by atoms with van der Waals surface area (Å²) in [5.41, 5.74) is 1.08. The van der Waals surface area contributed by atoms with Crippen LogP contribution < -0.4 is 0 Å². The van der Waals surface area contributed by atoms with Gasteiger partial charge in [-0.2, -0.15) is 0 Å². The minimum atomic E-state index is 0.596. The van der Waals surface area contributed by atoms with Crippen molar-refractivity contribution in [2.45, 2.75) is 13.3 Å². The smallest absolute Gasteiger partial charge is 0.220 e. The standard InChI is InChI=1S/C9H9N3O/c1-7-11-12-9(13-7)5-8-3-2-4-10-6-8/h2-4,6H,5H2,1H3. The molecular weight excluding hydrogens is 166 g/mol. The summed E-state index contributed by atoms with van der Waals surface area (Å²) in [5, 5.41) is 7.64. The number of hydrogen-bond acceptors (Lipinski definition) is 4. The second-order valence-corrected chi connectivity index (χ2v) is 2.75. The van der Waals surface area contributed by atoms with E-state index in [4.69, 9.17) is 4.42 Å². The van der Waals surface area contributed by atoms with Crippen LogP contribution in [0.5, 0.6) is 0 Å². The zero-order chi connectivity index (χ0) is 9.10. The van der Waals surface area contributed by atoms with Gasteiger partial charge in [0, 0.05) is 19.3 Å². The lowest BCUT2D eigenvalue weighted by molar-refractivity contribution is 0.477. The number of aryl methyl sites for hydroxylation is 1. The highest BCUT2D eigenvalue weighted by atomic mass is 16.4. The van der Waals surface area contributed by atoms with Crippen molar-refractivity contribution in [3.63, 3.8) is 0 Å². The average molecular weight is 175 g/mol. The highest BCUT2D eigenvalue weighted by molar-refractivity contribution is 5.12. The summed E-state index contributed by atoms with van der Waals surface area (Å²) >= 11 is 0. The predicted octanol–water partition coefficient (Wildman–Crippen LogP) is 1.36. The maximum atomic E-state index is 5.24. The first-order chi connectivity index (χ1) is 6.34. The fraction of sp³-hybridized carbons (Fsp3) is 0.222. The van der Waals surface area contributed by atoms with Crippen molar-refractivity contribution >= 4 is 0 Å². The Labute approximate surface area is 75.6 Å². The van der Waals surface area contributed by atoms with E-state index in [1.807, 2.05) is 12.1 Å². The van der Waals surface area contributed by atoms with Crippen LogP contribution >= 0.6 is 0 Å². The van der Waals surface area contributed by atoms with Gasteiger partial charge in [0.15, 0.2) is 0 Å². The molecule has 66 valence electrons. The molecule has 13 heavy (non-hydrogen) atoms. The van der Waals surface area contributed by atoms with Gasteiger partial charge in [-0.1, -0.05) is 6.07 Å². The van der Waals surface area contributed by atoms with Crippen LogP contribution in [0.15, 0.2) is 28.9 Å². The van der Waals surface area contributed by atoms with Crippen molar-refractivity contribution in [1.29, 1.82) is 0 Å². The largest absolute Gasteiger partial charge is 0.425 e. The third-order valence-electron chi connectivity index (χ3n) is 1.65. The van der Waals surface area contributed by atoms with Crippen molar-refractivity contribution in [2.24, 2.45) is 0 Å². The molecule has 0 aromatic carbocycles. The van der Waals surface area contributed by atoms with Crippen molar-refractivity contribution in [2.75, 3.05) is 0 Å². The molecule has 4 heteroatoms. The Morgan fingerprint density at radius 3 is 2.92 bits per heavy atom. The fourth-order valence-electron chi connectivity index (χ4n) is 1.09. The van der Waals surface area contributed by atoms with Crippen LogP contribution in [-0.2, 0) is 6.42 Å². The predicted molar refractivity (Wildman–Crippen MR) is 46.1 cm³/mol. The normalized spacial score (nSPS) is 10.2. The average Bonchev–Trinajstić information content (AvgIpc) is 2.53. The minimum absolute atomic E-state index is 0.596. The molecule has 2 heterocycles. The molecule has 0 N–H and O–H groups in total. The van der Waals surface area contributed by atoms with E-state index in [1.54, 1.807) is 19.3 Å². The van der Waals surface area contributed by atoms with Crippen LogP contribution in [0, 0.1) is 6.92 Å². The van der Waals surface area contributed by atoms with Crippen LogP contribution in [0.25, 0.3) is 0 Å². The van der Waals surface area contributed by atoms with Gasteiger partial charge in [-0.15, -0.1) is 10.2 Å². The van der Waals surface area contributed by atoms with Gasteiger partial charge in [-0.05, 0) is 11.6 Å². The molecule has 0 radical (unpaired) electrons. The summed E-state index contributed by atoms with van der Waals surface area (Å²) < 4.78 is 5.24. The van der Waals surface area contributed by atoms with Gasteiger partial charge >= 0.3 is 0 Å². The molecule has 0 atom stereocenters. The Morgan fingerprint density at radius 2 is 2.31 bits per heavy atom. The van der Waals surface area contributed by atoms with Crippen LogP contribution in [0.3, 0.4) is 0 Å². The summed E-state index contributed by atoms with van der Waals surface area (Å²) in [6, 6.07) is 3.87. The Bertz CT molecular complexity index is 383. The summed E-state index contributed by atoms with van der Waals surface area (Å²) in [6.07, 6.45) is 4.18. The van der Waals surface area contributed by atoms with Gasteiger partial charge in [0.2, 0.25) is 11.8 Å². The van der Waals surface area contributed by atoms with E-state index in [0.29, 0.717) is 18.2 Å². The SMILES string of the molecule is Cc1nnc(Cc2cccnc2)o1. The van der Waals surface area contributed by atoms with E-state index >= 15 is 0 Å². The van der Waals surface area contributed by atoms with Gasteiger partial charge in [0.05, 0.1) is 6.42 Å². The van der Waals surface area contributed by atoms with Crippen molar-refractivity contribution in [1.82, 2.24) is 15.2 Å². The van der Waals surface area contributed by atoms with Gasteiger partial charge in [-0.3, -0.25) is 4.98 Å². The Hall–Kier alpha value is -1.71. The number of pyridine rings is 1. The zero-order valence-electron chi connectivity index (χ0n) is 7.27. The van der Waals surface area contributed by atoms with E-state index in [0.717, 1.165) is 5.56 Å². The molecule has 0 bridgehead atoms. The summed E-state index contributed by atoms with van der Waals surface area (Å²) in [7, 11) is 0. The maximum Gasteiger partial charge on any atom is 0.220 e. The quantitative estimate of drug-likeness (QED) is 0.691. The molecule has 0 saturated carbocycles. The topological polar surface area (TPSA) is 51.8 Å². The van der Waals surface area contributed by atoms with Crippen molar-refractivity contribution < 1.29 is 4.42 Å². The van der Waals surface area contributed by atoms with Crippen LogP contribution in [0.4, 0.5) is 0 Å². The number of aromatic nitrogens is 3. The van der Waals surface area contributed by atoms with Crippen molar-refractivity contribution in [3.05, 3.63) is 41.9 Å².